The van der Waals surface area contributed by atoms with Crippen LogP contribution in [0, 0.1) is 0 Å². The molecule has 2 N–H and O–H groups in total. The third kappa shape index (κ3) is 5.47. The standard InChI is InChI=1S/C6H13N3O.C3H8/c1-7-6(10)9-4-2-8-3-5-9;1-3-2/h8H,2-5H2,1H3,(H,7,10);3H2,1-2H3. The normalized spacial score (nSPS) is 15.8. The summed E-state index contributed by atoms with van der Waals surface area (Å²) in [4.78, 5) is 12.8. The van der Waals surface area contributed by atoms with Gasteiger partial charge >= 0.3 is 6.03 Å². The van der Waals surface area contributed by atoms with E-state index in [1.165, 1.54) is 6.42 Å². The predicted molar refractivity (Wildman–Crippen MR) is 54.9 cm³/mol. The number of piperazine rings is 1. The van der Waals surface area contributed by atoms with Gasteiger partial charge in [-0.2, -0.15) is 0 Å². The first-order chi connectivity index (χ1) is 6.26. The number of carbonyl (C=O) groups excluding carboxylic acids is 1. The summed E-state index contributed by atoms with van der Waals surface area (Å²) < 4.78 is 0. The van der Waals surface area contributed by atoms with Crippen LogP contribution in [0.1, 0.15) is 20.3 Å². The van der Waals surface area contributed by atoms with Crippen LogP contribution in [0.2, 0.25) is 0 Å². The third-order valence-electron chi connectivity index (χ3n) is 1.62. The molecule has 2 amide bonds. The van der Waals surface area contributed by atoms with E-state index in [9.17, 15) is 4.79 Å². The van der Waals surface area contributed by atoms with Crippen LogP contribution in [0.15, 0.2) is 0 Å². The molecule has 78 valence electrons. The largest absolute Gasteiger partial charge is 0.341 e. The van der Waals surface area contributed by atoms with Gasteiger partial charge in [0, 0.05) is 33.2 Å². The zero-order chi connectivity index (χ0) is 10.1. The number of rotatable bonds is 0. The van der Waals surface area contributed by atoms with Gasteiger partial charge in [-0.3, -0.25) is 0 Å². The first-order valence-corrected chi connectivity index (χ1v) is 4.93. The van der Waals surface area contributed by atoms with Gasteiger partial charge in [-0.05, 0) is 0 Å². The van der Waals surface area contributed by atoms with Crippen molar-refractivity contribution in [2.45, 2.75) is 20.3 Å². The molecule has 1 saturated heterocycles. The monoisotopic (exact) mass is 187 g/mol. The number of nitrogens with one attached hydrogen (secondary N) is 2. The quantitative estimate of drug-likeness (QED) is 0.585. The second kappa shape index (κ2) is 7.86. The van der Waals surface area contributed by atoms with Crippen LogP contribution < -0.4 is 10.6 Å². The Morgan fingerprint density at radius 3 is 2.23 bits per heavy atom. The number of hydrogen-bond donors (Lipinski definition) is 2. The molecular formula is C9H21N3O. The molecule has 0 unspecified atom stereocenters. The molecule has 1 heterocycles. The molecule has 1 aliphatic heterocycles. The lowest BCUT2D eigenvalue weighted by Gasteiger charge is -2.26. The van der Waals surface area contributed by atoms with Gasteiger partial charge in [0.1, 0.15) is 0 Å². The summed E-state index contributed by atoms with van der Waals surface area (Å²) >= 11 is 0. The fraction of sp³-hybridized carbons (Fsp3) is 0.889. The van der Waals surface area contributed by atoms with E-state index in [0.29, 0.717) is 0 Å². The Balaban J connectivity index is 0.000000424. The maximum Gasteiger partial charge on any atom is 0.317 e. The molecule has 4 heteroatoms. The summed E-state index contributed by atoms with van der Waals surface area (Å²) in [5.41, 5.74) is 0. The molecule has 1 fully saturated rings. The smallest absolute Gasteiger partial charge is 0.317 e. The van der Waals surface area contributed by atoms with Crippen LogP contribution in [0.4, 0.5) is 4.79 Å². The Hall–Kier alpha value is -0.770. The van der Waals surface area contributed by atoms with Gasteiger partial charge in [0.25, 0.3) is 0 Å². The van der Waals surface area contributed by atoms with Crippen LogP contribution >= 0.6 is 0 Å². The van der Waals surface area contributed by atoms with Crippen molar-refractivity contribution in [1.29, 1.82) is 0 Å². The van der Waals surface area contributed by atoms with Gasteiger partial charge in [-0.15, -0.1) is 0 Å². The van der Waals surface area contributed by atoms with Crippen molar-refractivity contribution in [3.05, 3.63) is 0 Å². The molecular weight excluding hydrogens is 166 g/mol. The number of amides is 2. The summed E-state index contributed by atoms with van der Waals surface area (Å²) in [6.45, 7) is 7.71. The fourth-order valence-electron chi connectivity index (χ4n) is 1.03. The predicted octanol–water partition coefficient (Wildman–Crippen LogP) is 0.647. The highest BCUT2D eigenvalue weighted by molar-refractivity contribution is 5.73. The minimum atomic E-state index is 0.0292. The molecule has 0 atom stereocenters. The second-order valence-electron chi connectivity index (χ2n) is 3.00. The van der Waals surface area contributed by atoms with Gasteiger partial charge < -0.3 is 15.5 Å². The van der Waals surface area contributed by atoms with E-state index in [1.54, 1.807) is 11.9 Å². The molecule has 1 aliphatic rings. The number of nitrogens with zero attached hydrogens (tertiary/aromatic N) is 1. The fourth-order valence-corrected chi connectivity index (χ4v) is 1.03. The van der Waals surface area contributed by atoms with Crippen LogP contribution in [0.3, 0.4) is 0 Å². The Labute approximate surface area is 80.7 Å². The average Bonchev–Trinajstić information content (AvgIpc) is 2.19. The maximum absolute atomic E-state index is 11.0. The van der Waals surface area contributed by atoms with Crippen molar-refractivity contribution >= 4 is 6.03 Å². The van der Waals surface area contributed by atoms with Crippen molar-refractivity contribution in [2.75, 3.05) is 33.2 Å². The molecule has 0 aliphatic carbocycles. The van der Waals surface area contributed by atoms with Gasteiger partial charge in [0.05, 0.1) is 0 Å². The summed E-state index contributed by atoms with van der Waals surface area (Å²) in [7, 11) is 1.66. The third-order valence-corrected chi connectivity index (χ3v) is 1.62. The topological polar surface area (TPSA) is 44.4 Å². The lowest BCUT2D eigenvalue weighted by Crippen LogP contribution is -2.49. The van der Waals surface area contributed by atoms with Crippen molar-refractivity contribution < 1.29 is 4.79 Å². The van der Waals surface area contributed by atoms with Crippen molar-refractivity contribution in [3.8, 4) is 0 Å². The molecule has 0 radical (unpaired) electrons. The van der Waals surface area contributed by atoms with Crippen LogP contribution in [0.5, 0.6) is 0 Å². The summed E-state index contributed by atoms with van der Waals surface area (Å²) in [6.07, 6.45) is 1.25. The van der Waals surface area contributed by atoms with E-state index >= 15 is 0 Å². The van der Waals surface area contributed by atoms with E-state index in [2.05, 4.69) is 24.5 Å². The van der Waals surface area contributed by atoms with E-state index in [0.717, 1.165) is 26.2 Å². The Morgan fingerprint density at radius 2 is 1.85 bits per heavy atom. The highest BCUT2D eigenvalue weighted by Gasteiger charge is 2.13. The molecule has 0 aromatic carbocycles. The molecule has 4 nitrogen and oxygen atoms in total. The van der Waals surface area contributed by atoms with Crippen LogP contribution in [-0.2, 0) is 0 Å². The molecule has 0 aromatic rings. The van der Waals surface area contributed by atoms with Crippen molar-refractivity contribution in [2.24, 2.45) is 0 Å². The lowest BCUT2D eigenvalue weighted by atomic mass is 10.4. The first kappa shape index (κ1) is 12.2. The second-order valence-corrected chi connectivity index (χ2v) is 3.00. The Morgan fingerprint density at radius 1 is 1.38 bits per heavy atom. The molecule has 13 heavy (non-hydrogen) atoms. The Kier molecular flexibility index (Phi) is 7.39. The highest BCUT2D eigenvalue weighted by atomic mass is 16.2. The SMILES string of the molecule is CCC.CNC(=O)N1CCNCC1. The maximum atomic E-state index is 11.0. The zero-order valence-electron chi connectivity index (χ0n) is 8.89. The van der Waals surface area contributed by atoms with Gasteiger partial charge in [-0.25, -0.2) is 4.79 Å². The Bertz CT molecular complexity index is 133. The lowest BCUT2D eigenvalue weighted by molar-refractivity contribution is 0.192. The number of urea groups is 1. The zero-order valence-corrected chi connectivity index (χ0v) is 8.89. The van der Waals surface area contributed by atoms with E-state index in [1.807, 2.05) is 0 Å². The van der Waals surface area contributed by atoms with Crippen LogP contribution in [-0.4, -0.2) is 44.2 Å². The van der Waals surface area contributed by atoms with Crippen LogP contribution in [0.25, 0.3) is 0 Å². The molecule has 0 aromatic heterocycles. The van der Waals surface area contributed by atoms with Gasteiger partial charge in [-0.1, -0.05) is 20.3 Å². The van der Waals surface area contributed by atoms with Crippen molar-refractivity contribution in [3.63, 3.8) is 0 Å². The van der Waals surface area contributed by atoms with Crippen molar-refractivity contribution in [1.82, 2.24) is 15.5 Å². The van der Waals surface area contributed by atoms with E-state index in [-0.39, 0.29) is 6.03 Å². The van der Waals surface area contributed by atoms with E-state index in [4.69, 9.17) is 0 Å². The molecule has 0 saturated carbocycles. The average molecular weight is 187 g/mol. The minimum Gasteiger partial charge on any atom is -0.341 e. The van der Waals surface area contributed by atoms with Gasteiger partial charge in [0.15, 0.2) is 0 Å². The van der Waals surface area contributed by atoms with Gasteiger partial charge in [0.2, 0.25) is 0 Å². The summed E-state index contributed by atoms with van der Waals surface area (Å²) in [6, 6.07) is 0.0292. The number of hydrogen-bond acceptors (Lipinski definition) is 2. The number of carbonyl (C=O) groups is 1. The molecule has 0 bridgehead atoms. The highest BCUT2D eigenvalue weighted by Crippen LogP contribution is 1.90. The van der Waals surface area contributed by atoms with E-state index < -0.39 is 0 Å². The molecule has 1 rings (SSSR count). The minimum absolute atomic E-state index is 0.0292. The first-order valence-electron chi connectivity index (χ1n) is 4.93. The summed E-state index contributed by atoms with van der Waals surface area (Å²) in [5.74, 6) is 0. The summed E-state index contributed by atoms with van der Waals surface area (Å²) in [5, 5.41) is 5.77. The molecule has 0 spiro atoms.